The van der Waals surface area contributed by atoms with Crippen molar-refractivity contribution in [2.75, 3.05) is 10.2 Å². The van der Waals surface area contributed by atoms with Gasteiger partial charge in [-0.15, -0.1) is 0 Å². The Morgan fingerprint density at radius 2 is 1.82 bits per heavy atom. The van der Waals surface area contributed by atoms with E-state index in [-0.39, 0.29) is 23.8 Å². The van der Waals surface area contributed by atoms with Crippen LogP contribution in [-0.2, 0) is 11.3 Å². The van der Waals surface area contributed by atoms with Crippen molar-refractivity contribution in [3.05, 3.63) is 71.8 Å². The molecule has 0 radical (unpaired) electrons. The first kappa shape index (κ1) is 21.3. The van der Waals surface area contributed by atoms with Gasteiger partial charge in [0.05, 0.1) is 11.4 Å². The number of rotatable bonds is 5. The number of benzene rings is 3. The fourth-order valence-corrected chi connectivity index (χ4v) is 4.96. The highest BCUT2D eigenvalue weighted by molar-refractivity contribution is 6.00. The molecule has 0 spiro atoms. The Labute approximate surface area is 193 Å². The van der Waals surface area contributed by atoms with Gasteiger partial charge in [0.2, 0.25) is 0 Å². The van der Waals surface area contributed by atoms with E-state index in [9.17, 15) is 4.79 Å². The Balaban J connectivity index is 1.47. The molecule has 3 aromatic rings. The molecule has 2 aliphatic rings. The van der Waals surface area contributed by atoms with Crippen LogP contribution >= 0.6 is 0 Å². The summed E-state index contributed by atoms with van der Waals surface area (Å²) < 4.78 is 0. The maximum Gasteiger partial charge on any atom is 0.263 e. The summed E-state index contributed by atoms with van der Waals surface area (Å²) in [7, 11) is 0. The van der Waals surface area contributed by atoms with Crippen LogP contribution in [0.3, 0.4) is 0 Å². The van der Waals surface area contributed by atoms with Crippen molar-refractivity contribution in [3.63, 3.8) is 0 Å². The molecule has 3 aromatic carbocycles. The van der Waals surface area contributed by atoms with E-state index in [0.29, 0.717) is 12.1 Å². The summed E-state index contributed by atoms with van der Waals surface area (Å²) in [5.41, 5.74) is 15.3. The van der Waals surface area contributed by atoms with Crippen LogP contribution in [0.25, 0.3) is 10.8 Å². The molecule has 33 heavy (non-hydrogen) atoms. The number of hydrogen-bond donors (Lipinski definition) is 5. The number of amides is 1. The first-order chi connectivity index (χ1) is 16.0. The van der Waals surface area contributed by atoms with E-state index in [1.807, 2.05) is 30.3 Å². The maximum atomic E-state index is 13.4. The minimum Gasteiger partial charge on any atom is -0.384 e. The lowest BCUT2D eigenvalue weighted by molar-refractivity contribution is -0.122. The van der Waals surface area contributed by atoms with Crippen molar-refractivity contribution in [1.29, 1.82) is 5.41 Å². The number of anilines is 2. The van der Waals surface area contributed by atoms with Crippen LogP contribution in [0.5, 0.6) is 0 Å². The minimum atomic E-state index is -0.545. The van der Waals surface area contributed by atoms with E-state index in [2.05, 4.69) is 45.9 Å². The summed E-state index contributed by atoms with van der Waals surface area (Å²) in [4.78, 5) is 15.5. The lowest BCUT2D eigenvalue weighted by Gasteiger charge is -2.31. The van der Waals surface area contributed by atoms with Crippen molar-refractivity contribution in [2.24, 2.45) is 11.5 Å². The maximum absolute atomic E-state index is 13.4. The summed E-state index contributed by atoms with van der Waals surface area (Å²) in [6.07, 6.45) is 3.14. The fourth-order valence-electron chi connectivity index (χ4n) is 4.96. The standard InChI is InChI=1S/C26H30N6O/c27-19-9-11-20(12-10-19)30-26(33)25-31-22-13-8-17(24(28)29)14-23(22)32(25)15-18-6-3-5-16-4-1-2-7-21(16)18/h1-8,13-14,19-20,25,31H,9-12,15,27H2,(H3,28,29)(H,30,33). The van der Waals surface area contributed by atoms with Crippen LogP contribution in [0.1, 0.15) is 36.8 Å². The molecule has 170 valence electrons. The molecule has 0 bridgehead atoms. The largest absolute Gasteiger partial charge is 0.384 e. The smallest absolute Gasteiger partial charge is 0.263 e. The molecular formula is C26H30N6O. The van der Waals surface area contributed by atoms with Gasteiger partial charge in [-0.05, 0) is 60.2 Å². The number of fused-ring (bicyclic) bond motifs is 2. The Hall–Kier alpha value is -3.58. The van der Waals surface area contributed by atoms with Gasteiger partial charge >= 0.3 is 0 Å². The highest BCUT2D eigenvalue weighted by Gasteiger charge is 2.36. The summed E-state index contributed by atoms with van der Waals surface area (Å²) in [6.45, 7) is 0.552. The number of amidine groups is 1. The molecule has 1 unspecified atom stereocenters. The van der Waals surface area contributed by atoms with Gasteiger partial charge in [-0.25, -0.2) is 0 Å². The lowest BCUT2D eigenvalue weighted by Crippen LogP contribution is -2.52. The minimum absolute atomic E-state index is 0.00866. The second-order valence-electron chi connectivity index (χ2n) is 9.08. The van der Waals surface area contributed by atoms with E-state index in [1.54, 1.807) is 0 Å². The molecular weight excluding hydrogens is 412 g/mol. The molecule has 1 aliphatic heterocycles. The Bertz CT molecular complexity index is 1200. The summed E-state index contributed by atoms with van der Waals surface area (Å²) in [6, 6.07) is 20.5. The summed E-state index contributed by atoms with van der Waals surface area (Å²) >= 11 is 0. The number of carbonyl (C=O) groups excluding carboxylic acids is 1. The molecule has 7 nitrogen and oxygen atoms in total. The average Bonchev–Trinajstić information content (AvgIpc) is 3.18. The SMILES string of the molecule is N=C(N)c1ccc2c(c1)N(Cc1cccc3ccccc13)C(C(=O)NC1CCC(N)CC1)N2. The zero-order valence-corrected chi connectivity index (χ0v) is 18.6. The third kappa shape index (κ3) is 4.24. The van der Waals surface area contributed by atoms with Crippen molar-refractivity contribution >= 4 is 33.9 Å². The van der Waals surface area contributed by atoms with Crippen LogP contribution < -0.4 is 27.0 Å². The number of nitrogens with two attached hydrogens (primary N) is 2. The van der Waals surface area contributed by atoms with Crippen molar-refractivity contribution in [2.45, 2.75) is 50.5 Å². The molecule has 1 atom stereocenters. The van der Waals surface area contributed by atoms with Crippen LogP contribution in [0.2, 0.25) is 0 Å². The number of nitrogens with one attached hydrogen (secondary N) is 3. The molecule has 1 heterocycles. The van der Waals surface area contributed by atoms with E-state index >= 15 is 0 Å². The van der Waals surface area contributed by atoms with Gasteiger partial charge < -0.3 is 27.0 Å². The number of hydrogen-bond acceptors (Lipinski definition) is 5. The van der Waals surface area contributed by atoms with E-state index in [4.69, 9.17) is 16.9 Å². The number of carbonyl (C=O) groups is 1. The third-order valence-electron chi connectivity index (χ3n) is 6.81. The predicted octanol–water partition coefficient (Wildman–Crippen LogP) is 3.27. The second-order valence-corrected chi connectivity index (χ2v) is 9.08. The van der Waals surface area contributed by atoms with E-state index in [1.165, 1.54) is 5.39 Å². The van der Waals surface area contributed by atoms with Crippen LogP contribution in [0, 0.1) is 5.41 Å². The van der Waals surface area contributed by atoms with Gasteiger partial charge in [-0.3, -0.25) is 10.2 Å². The van der Waals surface area contributed by atoms with Gasteiger partial charge in [0.25, 0.3) is 5.91 Å². The van der Waals surface area contributed by atoms with Crippen LogP contribution in [-0.4, -0.2) is 30.0 Å². The second kappa shape index (κ2) is 8.75. The topological polar surface area (TPSA) is 120 Å². The summed E-state index contributed by atoms with van der Waals surface area (Å²) in [5, 5.41) is 16.8. The van der Waals surface area contributed by atoms with Crippen molar-refractivity contribution in [3.8, 4) is 0 Å². The molecule has 1 aliphatic carbocycles. The number of nitrogen functional groups attached to an aromatic ring is 1. The van der Waals surface area contributed by atoms with Gasteiger partial charge in [0, 0.05) is 24.2 Å². The first-order valence-electron chi connectivity index (χ1n) is 11.5. The normalized spacial score (nSPS) is 22.0. The Morgan fingerprint density at radius 1 is 1.06 bits per heavy atom. The third-order valence-corrected chi connectivity index (χ3v) is 6.81. The molecule has 1 fully saturated rings. The van der Waals surface area contributed by atoms with Gasteiger partial charge in [0.15, 0.2) is 6.17 Å². The quantitative estimate of drug-likeness (QED) is 0.307. The molecule has 5 rings (SSSR count). The average molecular weight is 443 g/mol. The Kier molecular flexibility index (Phi) is 5.64. The van der Waals surface area contributed by atoms with Crippen LogP contribution in [0.4, 0.5) is 11.4 Å². The van der Waals surface area contributed by atoms with E-state index < -0.39 is 6.17 Å². The highest BCUT2D eigenvalue weighted by atomic mass is 16.2. The fraction of sp³-hybridized carbons (Fsp3) is 0.308. The zero-order valence-electron chi connectivity index (χ0n) is 18.6. The molecule has 1 saturated carbocycles. The molecule has 7 heteroatoms. The van der Waals surface area contributed by atoms with Crippen molar-refractivity contribution < 1.29 is 4.79 Å². The highest BCUT2D eigenvalue weighted by Crippen LogP contribution is 2.37. The first-order valence-corrected chi connectivity index (χ1v) is 11.5. The zero-order chi connectivity index (χ0) is 22.9. The van der Waals surface area contributed by atoms with Gasteiger partial charge in [-0.2, -0.15) is 0 Å². The molecule has 7 N–H and O–H groups in total. The van der Waals surface area contributed by atoms with Gasteiger partial charge in [0.1, 0.15) is 5.84 Å². The molecule has 0 saturated heterocycles. The monoisotopic (exact) mass is 442 g/mol. The van der Waals surface area contributed by atoms with Crippen molar-refractivity contribution in [1.82, 2.24) is 5.32 Å². The predicted molar refractivity (Wildman–Crippen MR) is 133 cm³/mol. The van der Waals surface area contributed by atoms with Gasteiger partial charge in [-0.1, -0.05) is 42.5 Å². The number of nitrogens with zero attached hydrogens (tertiary/aromatic N) is 1. The molecule has 0 aromatic heterocycles. The van der Waals surface area contributed by atoms with E-state index in [0.717, 1.165) is 48.0 Å². The Morgan fingerprint density at radius 3 is 2.61 bits per heavy atom. The summed E-state index contributed by atoms with van der Waals surface area (Å²) in [5.74, 6) is -0.0364. The lowest BCUT2D eigenvalue weighted by atomic mass is 9.92. The molecule has 1 amide bonds. The van der Waals surface area contributed by atoms with Crippen LogP contribution in [0.15, 0.2) is 60.7 Å².